The first-order valence-corrected chi connectivity index (χ1v) is 7.95. The highest BCUT2D eigenvalue weighted by Gasteiger charge is 2.19. The lowest BCUT2D eigenvalue weighted by molar-refractivity contribution is -0.123. The molecule has 0 spiro atoms. The van der Waals surface area contributed by atoms with Crippen molar-refractivity contribution in [1.82, 2.24) is 5.32 Å². The van der Waals surface area contributed by atoms with Gasteiger partial charge >= 0.3 is 0 Å². The molecule has 114 valence electrons. The zero-order valence-electron chi connectivity index (χ0n) is 12.3. The summed E-state index contributed by atoms with van der Waals surface area (Å²) >= 11 is 0. The lowest BCUT2D eigenvalue weighted by Crippen LogP contribution is -2.36. The fourth-order valence-corrected chi connectivity index (χ4v) is 3.33. The third-order valence-corrected chi connectivity index (χ3v) is 4.49. The van der Waals surface area contributed by atoms with Crippen LogP contribution in [0.1, 0.15) is 55.8 Å². The minimum Gasteiger partial charge on any atom is -0.484 e. The molecule has 0 radical (unpaired) electrons. The molecule has 0 saturated heterocycles. The van der Waals surface area contributed by atoms with Crippen LogP contribution in [-0.2, 0) is 11.2 Å². The number of carbonyl (C=O) groups is 1. The summed E-state index contributed by atoms with van der Waals surface area (Å²) in [7, 11) is 0. The van der Waals surface area contributed by atoms with Gasteiger partial charge in [0, 0.05) is 6.04 Å². The molecule has 0 bridgehead atoms. The van der Waals surface area contributed by atoms with Gasteiger partial charge in [-0.05, 0) is 55.4 Å². The van der Waals surface area contributed by atoms with Crippen LogP contribution in [0.25, 0.3) is 0 Å². The summed E-state index contributed by atoms with van der Waals surface area (Å²) < 4.78 is 5.57. The molecule has 0 unspecified atom stereocenters. The second kappa shape index (κ2) is 6.48. The molecule has 4 heteroatoms. The molecule has 3 rings (SSSR count). The van der Waals surface area contributed by atoms with Gasteiger partial charge in [0.25, 0.3) is 5.91 Å². The van der Waals surface area contributed by atoms with Crippen molar-refractivity contribution in [3.63, 3.8) is 0 Å². The van der Waals surface area contributed by atoms with Crippen LogP contribution >= 0.6 is 0 Å². The van der Waals surface area contributed by atoms with Crippen LogP contribution in [0.4, 0.5) is 0 Å². The van der Waals surface area contributed by atoms with Crippen LogP contribution in [-0.4, -0.2) is 23.7 Å². The van der Waals surface area contributed by atoms with E-state index in [1.165, 1.54) is 18.4 Å². The van der Waals surface area contributed by atoms with Crippen molar-refractivity contribution >= 4 is 5.91 Å². The Labute approximate surface area is 125 Å². The van der Waals surface area contributed by atoms with Crippen LogP contribution in [0, 0.1) is 0 Å². The highest BCUT2D eigenvalue weighted by molar-refractivity contribution is 5.77. The van der Waals surface area contributed by atoms with Gasteiger partial charge in [0.15, 0.2) is 6.61 Å². The van der Waals surface area contributed by atoms with Crippen molar-refractivity contribution in [2.45, 2.75) is 57.1 Å². The summed E-state index contributed by atoms with van der Waals surface area (Å²) in [6.45, 7) is 0.0470. The molecule has 1 amide bonds. The number of aliphatic hydroxyl groups is 1. The Morgan fingerprint density at radius 3 is 2.86 bits per heavy atom. The van der Waals surface area contributed by atoms with Crippen molar-refractivity contribution in [2.75, 3.05) is 6.61 Å². The van der Waals surface area contributed by atoms with E-state index in [4.69, 9.17) is 4.74 Å². The first kappa shape index (κ1) is 14.4. The minimum absolute atomic E-state index is 0.0470. The molecule has 2 aliphatic carbocycles. The number of nitrogens with one attached hydrogen (secondary N) is 1. The predicted octanol–water partition coefficient (Wildman–Crippen LogP) is 2.49. The molecule has 2 aliphatic rings. The average molecular weight is 289 g/mol. The minimum atomic E-state index is -0.399. The number of amides is 1. The van der Waals surface area contributed by atoms with Crippen LogP contribution in [0.2, 0.25) is 0 Å². The van der Waals surface area contributed by atoms with E-state index in [0.29, 0.717) is 11.8 Å². The number of fused-ring (bicyclic) bond motifs is 1. The summed E-state index contributed by atoms with van der Waals surface area (Å²) in [5.41, 5.74) is 2.14. The Balaban J connectivity index is 1.55. The third kappa shape index (κ3) is 3.56. The fraction of sp³-hybridized carbons (Fsp3) is 0.588. The molecule has 1 atom stereocenters. The number of carbonyl (C=O) groups excluding carboxylic acids is 1. The molecule has 0 aromatic heterocycles. The monoisotopic (exact) mass is 289 g/mol. The van der Waals surface area contributed by atoms with Gasteiger partial charge in [-0.1, -0.05) is 18.9 Å². The van der Waals surface area contributed by atoms with E-state index in [2.05, 4.69) is 5.32 Å². The van der Waals surface area contributed by atoms with Gasteiger partial charge < -0.3 is 15.2 Å². The second-order valence-corrected chi connectivity index (χ2v) is 6.11. The molecule has 1 aromatic carbocycles. The van der Waals surface area contributed by atoms with E-state index >= 15 is 0 Å². The molecule has 1 aromatic rings. The summed E-state index contributed by atoms with van der Waals surface area (Å²) in [5.74, 6) is 0.608. The van der Waals surface area contributed by atoms with E-state index in [9.17, 15) is 9.90 Å². The van der Waals surface area contributed by atoms with E-state index in [-0.39, 0.29) is 12.5 Å². The highest BCUT2D eigenvalue weighted by Crippen LogP contribution is 2.32. The molecule has 1 fully saturated rings. The van der Waals surface area contributed by atoms with Crippen LogP contribution in [0.5, 0.6) is 5.75 Å². The second-order valence-electron chi connectivity index (χ2n) is 6.11. The summed E-state index contributed by atoms with van der Waals surface area (Å²) in [4.78, 5) is 11.8. The SMILES string of the molecule is O=C(COc1ccc2c(c1)[C@@H](O)CCC2)NC1CCCC1. The van der Waals surface area contributed by atoms with Gasteiger partial charge in [0.1, 0.15) is 5.75 Å². The molecule has 0 heterocycles. The number of aryl methyl sites for hydroxylation is 1. The van der Waals surface area contributed by atoms with Crippen LogP contribution < -0.4 is 10.1 Å². The number of hydrogen-bond donors (Lipinski definition) is 2. The quantitative estimate of drug-likeness (QED) is 0.895. The summed E-state index contributed by atoms with van der Waals surface area (Å²) in [5, 5.41) is 13.0. The Morgan fingerprint density at radius 1 is 1.24 bits per heavy atom. The predicted molar refractivity (Wildman–Crippen MR) is 80.2 cm³/mol. The zero-order chi connectivity index (χ0) is 14.7. The number of rotatable bonds is 4. The molecule has 21 heavy (non-hydrogen) atoms. The normalized spacial score (nSPS) is 21.9. The number of hydrogen-bond acceptors (Lipinski definition) is 3. The van der Waals surface area contributed by atoms with E-state index in [0.717, 1.165) is 37.7 Å². The Morgan fingerprint density at radius 2 is 2.05 bits per heavy atom. The van der Waals surface area contributed by atoms with Gasteiger partial charge in [-0.2, -0.15) is 0 Å². The smallest absolute Gasteiger partial charge is 0.258 e. The van der Waals surface area contributed by atoms with Gasteiger partial charge in [-0.15, -0.1) is 0 Å². The van der Waals surface area contributed by atoms with Crippen molar-refractivity contribution in [3.8, 4) is 5.75 Å². The fourth-order valence-electron chi connectivity index (χ4n) is 3.33. The first-order chi connectivity index (χ1) is 10.2. The first-order valence-electron chi connectivity index (χ1n) is 7.95. The maximum absolute atomic E-state index is 11.8. The Bertz CT molecular complexity index is 509. The van der Waals surface area contributed by atoms with Gasteiger partial charge in [0.2, 0.25) is 0 Å². The van der Waals surface area contributed by atoms with Crippen molar-refractivity contribution in [2.24, 2.45) is 0 Å². The molecule has 1 saturated carbocycles. The number of aliphatic hydroxyl groups excluding tert-OH is 1. The number of benzene rings is 1. The van der Waals surface area contributed by atoms with Crippen LogP contribution in [0.15, 0.2) is 18.2 Å². The van der Waals surface area contributed by atoms with Crippen molar-refractivity contribution in [3.05, 3.63) is 29.3 Å². The summed E-state index contributed by atoms with van der Waals surface area (Å²) in [6, 6.07) is 6.09. The van der Waals surface area contributed by atoms with Gasteiger partial charge in [-0.25, -0.2) is 0 Å². The lowest BCUT2D eigenvalue weighted by Gasteiger charge is -2.22. The third-order valence-electron chi connectivity index (χ3n) is 4.49. The van der Waals surface area contributed by atoms with E-state index in [1.54, 1.807) is 0 Å². The standard InChI is InChI=1S/C17H23NO3/c19-16-7-3-4-12-8-9-14(10-15(12)16)21-11-17(20)18-13-5-1-2-6-13/h8-10,13,16,19H,1-7,11H2,(H,18,20)/t16-/m0/s1. The summed E-state index contributed by atoms with van der Waals surface area (Å²) in [6.07, 6.45) is 7.01. The average Bonchev–Trinajstić information content (AvgIpc) is 2.98. The number of ether oxygens (including phenoxy) is 1. The van der Waals surface area contributed by atoms with Gasteiger partial charge in [0.05, 0.1) is 6.10 Å². The lowest BCUT2D eigenvalue weighted by atomic mass is 9.89. The van der Waals surface area contributed by atoms with Crippen LogP contribution in [0.3, 0.4) is 0 Å². The van der Waals surface area contributed by atoms with Crippen molar-refractivity contribution in [1.29, 1.82) is 0 Å². The largest absolute Gasteiger partial charge is 0.484 e. The molecule has 4 nitrogen and oxygen atoms in total. The molecular weight excluding hydrogens is 266 g/mol. The topological polar surface area (TPSA) is 58.6 Å². The molecular formula is C17H23NO3. The van der Waals surface area contributed by atoms with Crippen molar-refractivity contribution < 1.29 is 14.6 Å². The Hall–Kier alpha value is -1.55. The maximum atomic E-state index is 11.8. The highest BCUT2D eigenvalue weighted by atomic mass is 16.5. The van der Waals surface area contributed by atoms with E-state index < -0.39 is 6.10 Å². The van der Waals surface area contributed by atoms with E-state index in [1.807, 2.05) is 18.2 Å². The molecule has 0 aliphatic heterocycles. The molecule has 2 N–H and O–H groups in total. The maximum Gasteiger partial charge on any atom is 0.258 e. The Kier molecular flexibility index (Phi) is 4.44. The van der Waals surface area contributed by atoms with Gasteiger partial charge in [-0.3, -0.25) is 4.79 Å². The zero-order valence-corrected chi connectivity index (χ0v) is 12.3.